The molecule has 0 aliphatic rings. The SMILES string of the molecule is C=Cc1cccc(O[Si])c1. The monoisotopic (exact) mass is 147 g/mol. The molecule has 0 spiro atoms. The summed E-state index contributed by atoms with van der Waals surface area (Å²) >= 11 is 0. The van der Waals surface area contributed by atoms with Gasteiger partial charge in [0.2, 0.25) is 0 Å². The maximum Gasteiger partial charge on any atom is 0.341 e. The summed E-state index contributed by atoms with van der Waals surface area (Å²) in [6, 6.07) is 7.62. The van der Waals surface area contributed by atoms with Crippen LogP contribution in [0, 0.1) is 0 Å². The van der Waals surface area contributed by atoms with E-state index in [1.54, 1.807) is 6.08 Å². The first-order chi connectivity index (χ1) is 4.86. The number of benzene rings is 1. The lowest BCUT2D eigenvalue weighted by molar-refractivity contribution is 0.616. The first-order valence-electron chi connectivity index (χ1n) is 2.93. The summed E-state index contributed by atoms with van der Waals surface area (Å²) in [6.07, 6.45) is 1.77. The minimum atomic E-state index is 0.786. The van der Waals surface area contributed by atoms with Crippen molar-refractivity contribution in [3.63, 3.8) is 0 Å². The quantitative estimate of drug-likeness (QED) is 0.579. The standard InChI is InChI=1S/C8H7OSi/c1-2-7-4-3-5-8(6-7)9-10/h2-6H,1H2. The van der Waals surface area contributed by atoms with Crippen LogP contribution in [-0.2, 0) is 0 Å². The predicted molar refractivity (Wildman–Crippen MR) is 42.9 cm³/mol. The molecule has 10 heavy (non-hydrogen) atoms. The third kappa shape index (κ3) is 1.48. The molecule has 1 aromatic carbocycles. The minimum Gasteiger partial charge on any atom is -0.540 e. The highest BCUT2D eigenvalue weighted by molar-refractivity contribution is 5.99. The van der Waals surface area contributed by atoms with E-state index in [4.69, 9.17) is 4.43 Å². The first-order valence-corrected chi connectivity index (χ1v) is 3.33. The molecule has 0 atom stereocenters. The Balaban J connectivity index is 2.98. The summed E-state index contributed by atoms with van der Waals surface area (Å²) in [4.78, 5) is 0. The van der Waals surface area contributed by atoms with E-state index in [0.29, 0.717) is 0 Å². The van der Waals surface area contributed by atoms with Gasteiger partial charge in [0.1, 0.15) is 5.75 Å². The zero-order valence-corrected chi connectivity index (χ0v) is 6.50. The Morgan fingerprint density at radius 1 is 1.50 bits per heavy atom. The van der Waals surface area contributed by atoms with Crippen LogP contribution in [0.3, 0.4) is 0 Å². The molecule has 1 nitrogen and oxygen atoms in total. The molecule has 0 saturated heterocycles. The van der Waals surface area contributed by atoms with Gasteiger partial charge in [-0.25, -0.2) is 0 Å². The Kier molecular flexibility index (Phi) is 2.28. The van der Waals surface area contributed by atoms with Crippen LogP contribution in [0.1, 0.15) is 5.56 Å². The van der Waals surface area contributed by atoms with E-state index in [9.17, 15) is 0 Å². The number of hydrogen-bond acceptors (Lipinski definition) is 1. The molecule has 0 heterocycles. The smallest absolute Gasteiger partial charge is 0.341 e. The fourth-order valence-electron chi connectivity index (χ4n) is 0.705. The molecule has 2 heteroatoms. The number of rotatable bonds is 2. The molecule has 0 fully saturated rings. The molecule has 0 aromatic heterocycles. The van der Waals surface area contributed by atoms with Crippen LogP contribution in [0.15, 0.2) is 30.8 Å². The van der Waals surface area contributed by atoms with Crippen LogP contribution < -0.4 is 4.43 Å². The maximum absolute atomic E-state index is 4.81. The molecular formula is C8H7OSi. The zero-order valence-electron chi connectivity index (χ0n) is 5.50. The van der Waals surface area contributed by atoms with Gasteiger partial charge in [-0.05, 0) is 17.7 Å². The molecule has 0 N–H and O–H groups in total. The van der Waals surface area contributed by atoms with Gasteiger partial charge >= 0.3 is 10.5 Å². The van der Waals surface area contributed by atoms with Crippen LogP contribution >= 0.6 is 0 Å². The highest BCUT2D eigenvalue weighted by Crippen LogP contribution is 2.12. The van der Waals surface area contributed by atoms with Gasteiger partial charge in [0.15, 0.2) is 0 Å². The predicted octanol–water partition coefficient (Wildman–Crippen LogP) is 1.79. The van der Waals surface area contributed by atoms with Gasteiger partial charge in [-0.2, -0.15) is 0 Å². The molecule has 49 valence electrons. The van der Waals surface area contributed by atoms with E-state index in [-0.39, 0.29) is 0 Å². The van der Waals surface area contributed by atoms with Gasteiger partial charge in [0.25, 0.3) is 0 Å². The van der Waals surface area contributed by atoms with E-state index in [2.05, 4.69) is 17.1 Å². The van der Waals surface area contributed by atoms with Crippen molar-refractivity contribution in [2.75, 3.05) is 0 Å². The van der Waals surface area contributed by atoms with Crippen molar-refractivity contribution < 1.29 is 4.43 Å². The third-order valence-corrected chi connectivity index (χ3v) is 1.45. The second-order valence-electron chi connectivity index (χ2n) is 1.88. The lowest BCUT2D eigenvalue weighted by Gasteiger charge is -1.98. The Morgan fingerprint density at radius 2 is 2.30 bits per heavy atom. The average Bonchev–Trinajstić information content (AvgIpc) is 2.05. The maximum atomic E-state index is 4.81. The number of hydrogen-bond donors (Lipinski definition) is 0. The van der Waals surface area contributed by atoms with Crippen molar-refractivity contribution in [2.45, 2.75) is 0 Å². The summed E-state index contributed by atoms with van der Waals surface area (Å²) in [5.74, 6) is 0.786. The molecule has 0 aliphatic heterocycles. The lowest BCUT2D eigenvalue weighted by atomic mass is 10.2. The molecule has 0 aliphatic carbocycles. The Labute approximate surface area is 63.9 Å². The van der Waals surface area contributed by atoms with Crippen molar-refractivity contribution in [1.29, 1.82) is 0 Å². The summed E-state index contributed by atoms with van der Waals surface area (Å²) < 4.78 is 4.81. The Hall–Kier alpha value is -1.02. The third-order valence-electron chi connectivity index (χ3n) is 1.21. The second kappa shape index (κ2) is 3.22. The van der Waals surface area contributed by atoms with E-state index < -0.39 is 0 Å². The highest BCUT2D eigenvalue weighted by Gasteiger charge is 1.88. The molecule has 1 rings (SSSR count). The molecule has 0 bridgehead atoms. The lowest BCUT2D eigenvalue weighted by Crippen LogP contribution is -1.84. The second-order valence-corrected chi connectivity index (χ2v) is 2.08. The minimum absolute atomic E-state index is 0.786. The van der Waals surface area contributed by atoms with Crippen molar-refractivity contribution in [1.82, 2.24) is 0 Å². The van der Waals surface area contributed by atoms with Crippen molar-refractivity contribution in [2.24, 2.45) is 0 Å². The largest absolute Gasteiger partial charge is 0.540 e. The van der Waals surface area contributed by atoms with E-state index in [0.717, 1.165) is 11.3 Å². The van der Waals surface area contributed by atoms with Crippen LogP contribution in [0.2, 0.25) is 0 Å². The van der Waals surface area contributed by atoms with Gasteiger partial charge in [-0.3, -0.25) is 0 Å². The summed E-state index contributed by atoms with van der Waals surface area (Å²) in [6.45, 7) is 3.63. The van der Waals surface area contributed by atoms with Crippen LogP contribution in [0.25, 0.3) is 6.08 Å². The fourth-order valence-corrected chi connectivity index (χ4v) is 0.832. The summed E-state index contributed by atoms with van der Waals surface area (Å²) in [5.41, 5.74) is 1.05. The van der Waals surface area contributed by atoms with Gasteiger partial charge < -0.3 is 4.43 Å². The molecule has 0 saturated carbocycles. The summed E-state index contributed by atoms with van der Waals surface area (Å²) in [7, 11) is 2.93. The van der Waals surface area contributed by atoms with Gasteiger partial charge in [0, 0.05) is 0 Å². The molecule has 0 amide bonds. The first kappa shape index (κ1) is 7.09. The van der Waals surface area contributed by atoms with E-state index in [1.165, 1.54) is 0 Å². The van der Waals surface area contributed by atoms with E-state index >= 15 is 0 Å². The van der Waals surface area contributed by atoms with Gasteiger partial charge in [0.05, 0.1) is 0 Å². The molecule has 1 aromatic rings. The Bertz CT molecular complexity index is 232. The van der Waals surface area contributed by atoms with Crippen LogP contribution in [0.5, 0.6) is 5.75 Å². The molecular weight excluding hydrogens is 140 g/mol. The fraction of sp³-hybridized carbons (Fsp3) is 0. The van der Waals surface area contributed by atoms with Crippen LogP contribution in [-0.4, -0.2) is 10.5 Å². The van der Waals surface area contributed by atoms with Gasteiger partial charge in [-0.1, -0.05) is 24.8 Å². The normalized spacial score (nSPS) is 8.90. The van der Waals surface area contributed by atoms with Crippen LogP contribution in [0.4, 0.5) is 0 Å². The van der Waals surface area contributed by atoms with E-state index in [1.807, 2.05) is 24.3 Å². The summed E-state index contributed by atoms with van der Waals surface area (Å²) in [5, 5.41) is 0. The van der Waals surface area contributed by atoms with Crippen molar-refractivity contribution in [3.05, 3.63) is 36.4 Å². The molecule has 3 radical (unpaired) electrons. The molecule has 0 unspecified atom stereocenters. The van der Waals surface area contributed by atoms with Crippen molar-refractivity contribution in [3.8, 4) is 5.75 Å². The highest BCUT2D eigenvalue weighted by atomic mass is 28.2. The Morgan fingerprint density at radius 3 is 2.90 bits per heavy atom. The average molecular weight is 147 g/mol. The zero-order chi connectivity index (χ0) is 7.40. The van der Waals surface area contributed by atoms with Crippen molar-refractivity contribution >= 4 is 16.6 Å². The topological polar surface area (TPSA) is 9.23 Å². The van der Waals surface area contributed by atoms with Gasteiger partial charge in [-0.15, -0.1) is 0 Å².